The van der Waals surface area contributed by atoms with Gasteiger partial charge in [0.05, 0.1) is 12.9 Å². The summed E-state index contributed by atoms with van der Waals surface area (Å²) in [5.41, 5.74) is 3.64. The van der Waals surface area contributed by atoms with Crippen LogP contribution in [0.3, 0.4) is 0 Å². The number of ketones is 1. The van der Waals surface area contributed by atoms with Crippen molar-refractivity contribution in [3.63, 3.8) is 0 Å². The molecule has 0 saturated carbocycles. The van der Waals surface area contributed by atoms with Gasteiger partial charge in [-0.2, -0.15) is 0 Å². The van der Waals surface area contributed by atoms with Crippen molar-refractivity contribution in [1.29, 1.82) is 0 Å². The van der Waals surface area contributed by atoms with E-state index in [0.717, 1.165) is 47.4 Å². The molecule has 0 bridgehead atoms. The maximum atomic E-state index is 12.8. The number of nitrogens with zero attached hydrogens (tertiary/aromatic N) is 2. The zero-order valence-corrected chi connectivity index (χ0v) is 15.5. The monoisotopic (exact) mass is 378 g/mol. The Kier molecular flexibility index (Phi) is 5.07. The predicted octanol–water partition coefficient (Wildman–Crippen LogP) is 4.83. The molecule has 0 spiro atoms. The first-order valence-electron chi connectivity index (χ1n) is 8.91. The molecule has 0 fully saturated rings. The van der Waals surface area contributed by atoms with Crippen molar-refractivity contribution in [2.24, 2.45) is 0 Å². The Hall–Kier alpha value is -2.85. The molecule has 4 rings (SSSR count). The van der Waals surface area contributed by atoms with E-state index in [2.05, 4.69) is 4.98 Å². The third-order valence-corrected chi connectivity index (χ3v) is 4.92. The van der Waals surface area contributed by atoms with Crippen LogP contribution in [0.5, 0.6) is 5.75 Å². The number of aromatic nitrogens is 2. The number of ether oxygens (including phenoxy) is 1. The Balaban J connectivity index is 1.46. The van der Waals surface area contributed by atoms with E-state index in [4.69, 9.17) is 16.3 Å². The van der Waals surface area contributed by atoms with Gasteiger partial charge < -0.3 is 9.30 Å². The Morgan fingerprint density at radius 3 is 2.78 bits per heavy atom. The van der Waals surface area contributed by atoms with Crippen molar-refractivity contribution in [1.82, 2.24) is 9.55 Å². The number of Topliss-reactive ketones (excluding diaryl/α,β-unsaturated/α-hetero) is 1. The van der Waals surface area contributed by atoms with Gasteiger partial charge in [0, 0.05) is 28.6 Å². The molecule has 0 atom stereocenters. The summed E-state index contributed by atoms with van der Waals surface area (Å²) >= 11 is 5.93. The van der Waals surface area contributed by atoms with Gasteiger partial charge in [0.25, 0.3) is 0 Å². The lowest BCUT2D eigenvalue weighted by Crippen LogP contribution is -2.14. The lowest BCUT2D eigenvalue weighted by atomic mass is 9.86. The molecular formula is C22H19ClN2O2. The fraction of sp³-hybridized carbons (Fsp3) is 0.182. The van der Waals surface area contributed by atoms with Crippen LogP contribution >= 0.6 is 11.6 Å². The number of allylic oxidation sites excluding steroid dienone is 1. The predicted molar refractivity (Wildman–Crippen MR) is 106 cm³/mol. The zero-order valence-electron chi connectivity index (χ0n) is 14.8. The number of fused-ring (bicyclic) bond motifs is 1. The Bertz CT molecular complexity index is 976. The second kappa shape index (κ2) is 7.80. The van der Waals surface area contributed by atoms with Crippen molar-refractivity contribution < 1.29 is 9.53 Å². The molecule has 1 aliphatic carbocycles. The van der Waals surface area contributed by atoms with Gasteiger partial charge in [-0.15, -0.1) is 0 Å². The minimum Gasteiger partial charge on any atom is -0.492 e. The summed E-state index contributed by atoms with van der Waals surface area (Å²) in [5.74, 6) is 0.892. The van der Waals surface area contributed by atoms with Gasteiger partial charge in [-0.3, -0.25) is 4.79 Å². The summed E-state index contributed by atoms with van der Waals surface area (Å²) in [5, 5.41) is 0.693. The number of hydrogen-bond acceptors (Lipinski definition) is 3. The number of rotatable bonds is 5. The standard InChI is InChI=1S/C22H19ClN2O2/c23-19-5-1-16(2-6-19)13-18-4-3-17-14-20(7-8-21(17)22(18)26)27-12-11-25-10-9-24-15-25/h1-2,5-10,13-15H,3-4,11-12H2/b18-13+. The molecule has 0 N–H and O–H groups in total. The van der Waals surface area contributed by atoms with Crippen LogP contribution in [0.1, 0.15) is 27.9 Å². The van der Waals surface area contributed by atoms with Crippen LogP contribution in [-0.2, 0) is 13.0 Å². The number of benzene rings is 2. The molecule has 4 nitrogen and oxygen atoms in total. The molecule has 1 aliphatic rings. The highest BCUT2D eigenvalue weighted by Crippen LogP contribution is 2.29. The molecule has 1 heterocycles. The molecule has 1 aromatic heterocycles. The van der Waals surface area contributed by atoms with Crippen LogP contribution in [-0.4, -0.2) is 21.9 Å². The topological polar surface area (TPSA) is 44.1 Å². The molecule has 2 aromatic carbocycles. The maximum Gasteiger partial charge on any atom is 0.189 e. The third kappa shape index (κ3) is 4.12. The van der Waals surface area contributed by atoms with Crippen LogP contribution in [0, 0.1) is 0 Å². The summed E-state index contributed by atoms with van der Waals surface area (Å²) in [6, 6.07) is 13.3. The highest BCUT2D eigenvalue weighted by Gasteiger charge is 2.22. The van der Waals surface area contributed by atoms with Crippen molar-refractivity contribution in [2.45, 2.75) is 19.4 Å². The lowest BCUT2D eigenvalue weighted by molar-refractivity contribution is 0.102. The number of aryl methyl sites for hydroxylation is 1. The number of imidazole rings is 1. The second-order valence-corrected chi connectivity index (χ2v) is 6.95. The summed E-state index contributed by atoms with van der Waals surface area (Å²) in [4.78, 5) is 16.8. The third-order valence-electron chi connectivity index (χ3n) is 4.66. The van der Waals surface area contributed by atoms with Gasteiger partial charge in [-0.05, 0) is 60.4 Å². The van der Waals surface area contributed by atoms with E-state index in [9.17, 15) is 4.79 Å². The Morgan fingerprint density at radius 1 is 1.15 bits per heavy atom. The number of halogens is 1. The second-order valence-electron chi connectivity index (χ2n) is 6.52. The Labute approximate surface area is 163 Å². The first kappa shape index (κ1) is 17.6. The van der Waals surface area contributed by atoms with E-state index in [1.165, 1.54) is 0 Å². The van der Waals surface area contributed by atoms with Crippen LogP contribution in [0.15, 0.2) is 66.8 Å². The van der Waals surface area contributed by atoms with E-state index in [0.29, 0.717) is 11.6 Å². The fourth-order valence-corrected chi connectivity index (χ4v) is 3.36. The van der Waals surface area contributed by atoms with Crippen molar-refractivity contribution >= 4 is 23.5 Å². The number of carbonyl (C=O) groups excluding carboxylic acids is 1. The van der Waals surface area contributed by atoms with E-state index in [-0.39, 0.29) is 5.78 Å². The van der Waals surface area contributed by atoms with Gasteiger partial charge in [0.15, 0.2) is 5.78 Å². The van der Waals surface area contributed by atoms with E-state index >= 15 is 0 Å². The summed E-state index contributed by atoms with van der Waals surface area (Å²) in [6.07, 6.45) is 8.94. The molecule has 0 aliphatic heterocycles. The van der Waals surface area contributed by atoms with Crippen molar-refractivity contribution in [2.75, 3.05) is 6.61 Å². The number of carbonyl (C=O) groups is 1. The van der Waals surface area contributed by atoms with E-state index in [1.54, 1.807) is 12.5 Å². The van der Waals surface area contributed by atoms with Gasteiger partial charge in [0.1, 0.15) is 12.4 Å². The van der Waals surface area contributed by atoms with Gasteiger partial charge in [0.2, 0.25) is 0 Å². The molecule has 0 amide bonds. The lowest BCUT2D eigenvalue weighted by Gasteiger charge is -2.19. The fourth-order valence-electron chi connectivity index (χ4n) is 3.23. The molecule has 0 saturated heterocycles. The zero-order chi connectivity index (χ0) is 18.6. The minimum atomic E-state index is 0.0937. The molecular weight excluding hydrogens is 360 g/mol. The molecule has 5 heteroatoms. The first-order chi connectivity index (χ1) is 13.2. The highest BCUT2D eigenvalue weighted by atomic mass is 35.5. The smallest absolute Gasteiger partial charge is 0.189 e. The number of hydrogen-bond donors (Lipinski definition) is 0. The molecule has 0 radical (unpaired) electrons. The van der Waals surface area contributed by atoms with E-state index < -0.39 is 0 Å². The van der Waals surface area contributed by atoms with Crippen LogP contribution in [0.25, 0.3) is 6.08 Å². The highest BCUT2D eigenvalue weighted by molar-refractivity contribution is 6.30. The quantitative estimate of drug-likeness (QED) is 0.597. The van der Waals surface area contributed by atoms with Gasteiger partial charge >= 0.3 is 0 Å². The summed E-state index contributed by atoms with van der Waals surface area (Å²) < 4.78 is 7.80. The molecule has 136 valence electrons. The first-order valence-corrected chi connectivity index (χ1v) is 9.29. The average molecular weight is 379 g/mol. The van der Waals surface area contributed by atoms with Crippen LogP contribution in [0.4, 0.5) is 0 Å². The average Bonchev–Trinajstić information content (AvgIpc) is 3.19. The molecule has 27 heavy (non-hydrogen) atoms. The van der Waals surface area contributed by atoms with Crippen LogP contribution in [0.2, 0.25) is 5.02 Å². The SMILES string of the molecule is O=C1/C(=C/c2ccc(Cl)cc2)CCc2cc(OCCn3ccnc3)ccc21. The molecule has 3 aromatic rings. The van der Waals surface area contributed by atoms with Gasteiger partial charge in [-0.25, -0.2) is 4.98 Å². The maximum absolute atomic E-state index is 12.8. The normalized spacial score (nSPS) is 15.0. The largest absolute Gasteiger partial charge is 0.492 e. The van der Waals surface area contributed by atoms with Gasteiger partial charge in [-0.1, -0.05) is 23.7 Å². The summed E-state index contributed by atoms with van der Waals surface area (Å²) in [6.45, 7) is 1.30. The van der Waals surface area contributed by atoms with Crippen LogP contribution < -0.4 is 4.74 Å². The summed E-state index contributed by atoms with van der Waals surface area (Å²) in [7, 11) is 0. The van der Waals surface area contributed by atoms with Crippen molar-refractivity contribution in [3.8, 4) is 5.75 Å². The Morgan fingerprint density at radius 2 is 2.00 bits per heavy atom. The molecule has 0 unspecified atom stereocenters. The van der Waals surface area contributed by atoms with E-state index in [1.807, 2.05) is 59.3 Å². The van der Waals surface area contributed by atoms with Crippen molar-refractivity contribution in [3.05, 3.63) is 88.5 Å². The minimum absolute atomic E-state index is 0.0937.